The van der Waals surface area contributed by atoms with Gasteiger partial charge in [0.2, 0.25) is 5.91 Å². The minimum absolute atomic E-state index is 0.0874. The third kappa shape index (κ3) is 5.39. The zero-order valence-corrected chi connectivity index (χ0v) is 19.0. The second-order valence-corrected chi connectivity index (χ2v) is 9.61. The molecule has 2 heterocycles. The van der Waals surface area contributed by atoms with Gasteiger partial charge in [0.25, 0.3) is 0 Å². The number of carbonyl (C=O) groups excluding carboxylic acids is 2. The van der Waals surface area contributed by atoms with Crippen molar-refractivity contribution >= 4 is 17.7 Å². The Morgan fingerprint density at radius 1 is 1.19 bits per heavy atom. The molecule has 2 fully saturated rings. The van der Waals surface area contributed by atoms with Crippen LogP contribution in [0.3, 0.4) is 0 Å². The molecule has 3 rings (SSSR count). The number of carbonyl (C=O) groups is 2. The lowest BCUT2D eigenvalue weighted by molar-refractivity contribution is -0.124. The zero-order chi connectivity index (χ0) is 22.9. The maximum Gasteiger partial charge on any atom is 0.410 e. The van der Waals surface area contributed by atoms with E-state index in [0.29, 0.717) is 30.6 Å². The molecule has 1 aliphatic heterocycles. The number of likely N-dealkylation sites (tertiary alicyclic amines) is 1. The molecular weight excluding hydrogens is 396 g/mol. The quantitative estimate of drug-likeness (QED) is 0.625. The lowest BCUT2D eigenvalue weighted by atomic mass is 10.0. The number of allylic oxidation sites excluding steroid dienone is 2. The van der Waals surface area contributed by atoms with Crippen LogP contribution in [0.4, 0.5) is 4.79 Å². The predicted octanol–water partition coefficient (Wildman–Crippen LogP) is 1.84. The number of fused-ring (bicyclic) bond motifs is 1. The standard InChI is InChI=1S/C22H34N6O3/c1-13-10-25-27(5)19(13)17(23)6-7-18(24)26-20(29)14-8-15-11-28(12-16(15)9-14)21(30)31-22(2,3)4/h6-7,10,14-16H,8-9,11-12,23-24H2,1-5H3,(H,26,29)/b17-6-,18-7+. The fraction of sp³-hybridized carbons (Fsp3) is 0.591. The van der Waals surface area contributed by atoms with E-state index in [1.165, 1.54) is 0 Å². The average molecular weight is 431 g/mol. The second kappa shape index (κ2) is 8.64. The average Bonchev–Trinajstić information content (AvgIpc) is 3.31. The molecule has 1 aliphatic carbocycles. The highest BCUT2D eigenvalue weighted by Gasteiger charge is 2.45. The first-order valence-corrected chi connectivity index (χ1v) is 10.6. The molecule has 1 aromatic rings. The van der Waals surface area contributed by atoms with E-state index in [1.54, 1.807) is 27.9 Å². The molecule has 1 saturated carbocycles. The van der Waals surface area contributed by atoms with Gasteiger partial charge in [-0.3, -0.25) is 9.48 Å². The molecule has 2 aliphatic rings. The molecule has 2 amide bonds. The minimum atomic E-state index is -0.506. The van der Waals surface area contributed by atoms with Crippen molar-refractivity contribution in [2.24, 2.45) is 36.3 Å². The Morgan fingerprint density at radius 2 is 1.81 bits per heavy atom. The van der Waals surface area contributed by atoms with Gasteiger partial charge in [-0.2, -0.15) is 5.10 Å². The number of amides is 2. The normalized spacial score (nSPS) is 24.3. The lowest BCUT2D eigenvalue weighted by Gasteiger charge is -2.25. The van der Waals surface area contributed by atoms with Crippen molar-refractivity contribution in [2.75, 3.05) is 13.1 Å². The lowest BCUT2D eigenvalue weighted by Crippen LogP contribution is -2.37. The van der Waals surface area contributed by atoms with E-state index in [1.807, 2.05) is 34.7 Å². The van der Waals surface area contributed by atoms with Gasteiger partial charge in [-0.25, -0.2) is 4.79 Å². The van der Waals surface area contributed by atoms with Crippen molar-refractivity contribution in [3.8, 4) is 0 Å². The number of hydrogen-bond donors (Lipinski definition) is 3. The summed E-state index contributed by atoms with van der Waals surface area (Å²) in [5.41, 5.74) is 13.9. The van der Waals surface area contributed by atoms with Crippen molar-refractivity contribution in [3.05, 3.63) is 35.4 Å². The number of nitrogens with zero attached hydrogens (tertiary/aromatic N) is 3. The Balaban J connectivity index is 1.52. The first kappa shape index (κ1) is 22.7. The number of nitrogens with two attached hydrogens (primary N) is 2. The number of ether oxygens (including phenoxy) is 1. The summed E-state index contributed by atoms with van der Waals surface area (Å²) in [7, 11) is 1.82. The molecule has 0 spiro atoms. The molecule has 170 valence electrons. The van der Waals surface area contributed by atoms with Crippen molar-refractivity contribution in [3.63, 3.8) is 0 Å². The van der Waals surface area contributed by atoms with Crippen LogP contribution in [0.25, 0.3) is 5.70 Å². The topological polar surface area (TPSA) is 128 Å². The SMILES string of the molecule is Cc1cnn(C)c1/C(N)=C/C=C(\N)NC(=O)C1CC2CN(C(=O)OC(C)(C)C)CC2C1. The van der Waals surface area contributed by atoms with Crippen molar-refractivity contribution in [1.82, 2.24) is 20.0 Å². The van der Waals surface area contributed by atoms with Crippen LogP contribution in [0.5, 0.6) is 0 Å². The smallest absolute Gasteiger partial charge is 0.410 e. The van der Waals surface area contributed by atoms with E-state index in [9.17, 15) is 9.59 Å². The molecule has 1 saturated heterocycles. The summed E-state index contributed by atoms with van der Waals surface area (Å²) in [5.74, 6) is 0.688. The summed E-state index contributed by atoms with van der Waals surface area (Å²) in [5, 5.41) is 6.95. The third-order valence-electron chi connectivity index (χ3n) is 5.88. The molecule has 0 bridgehead atoms. The van der Waals surface area contributed by atoms with E-state index in [0.717, 1.165) is 24.1 Å². The summed E-state index contributed by atoms with van der Waals surface area (Å²) < 4.78 is 7.16. The van der Waals surface area contributed by atoms with Gasteiger partial charge in [-0.05, 0) is 70.1 Å². The summed E-state index contributed by atoms with van der Waals surface area (Å²) in [4.78, 5) is 26.7. The van der Waals surface area contributed by atoms with Crippen LogP contribution in [0.15, 0.2) is 24.2 Å². The van der Waals surface area contributed by atoms with E-state index in [4.69, 9.17) is 16.2 Å². The summed E-state index contributed by atoms with van der Waals surface area (Å²) >= 11 is 0. The monoisotopic (exact) mass is 430 g/mol. The first-order valence-electron chi connectivity index (χ1n) is 10.6. The van der Waals surface area contributed by atoms with Crippen molar-refractivity contribution in [1.29, 1.82) is 0 Å². The number of rotatable bonds is 4. The van der Waals surface area contributed by atoms with E-state index < -0.39 is 5.60 Å². The third-order valence-corrected chi connectivity index (χ3v) is 5.88. The molecule has 9 heteroatoms. The van der Waals surface area contributed by atoms with E-state index in [-0.39, 0.29) is 23.7 Å². The van der Waals surface area contributed by atoms with Crippen molar-refractivity contribution < 1.29 is 14.3 Å². The Bertz CT molecular complexity index is 877. The van der Waals surface area contributed by atoms with Crippen LogP contribution in [0.1, 0.15) is 44.9 Å². The largest absolute Gasteiger partial charge is 0.444 e. The Morgan fingerprint density at radius 3 is 2.32 bits per heavy atom. The van der Waals surface area contributed by atoms with Gasteiger partial charge >= 0.3 is 6.09 Å². The fourth-order valence-corrected chi connectivity index (χ4v) is 4.50. The Kier molecular flexibility index (Phi) is 6.33. The van der Waals surface area contributed by atoms with Crippen LogP contribution in [-0.4, -0.2) is 45.4 Å². The highest BCUT2D eigenvalue weighted by Crippen LogP contribution is 2.42. The minimum Gasteiger partial charge on any atom is -0.444 e. The highest BCUT2D eigenvalue weighted by molar-refractivity contribution is 5.81. The van der Waals surface area contributed by atoms with Gasteiger partial charge < -0.3 is 26.4 Å². The van der Waals surface area contributed by atoms with Gasteiger partial charge in [-0.15, -0.1) is 0 Å². The second-order valence-electron chi connectivity index (χ2n) is 9.61. The molecule has 5 N–H and O–H groups in total. The molecule has 9 nitrogen and oxygen atoms in total. The van der Waals surface area contributed by atoms with Crippen LogP contribution in [-0.2, 0) is 16.6 Å². The number of hydrogen-bond acceptors (Lipinski definition) is 6. The molecule has 1 aromatic heterocycles. The fourth-order valence-electron chi connectivity index (χ4n) is 4.50. The maximum absolute atomic E-state index is 12.7. The number of aryl methyl sites for hydroxylation is 2. The number of nitrogens with one attached hydrogen (secondary N) is 1. The number of aromatic nitrogens is 2. The van der Waals surface area contributed by atoms with Crippen LogP contribution in [0.2, 0.25) is 0 Å². The van der Waals surface area contributed by atoms with Crippen LogP contribution >= 0.6 is 0 Å². The van der Waals surface area contributed by atoms with Gasteiger partial charge in [0.15, 0.2) is 0 Å². The van der Waals surface area contributed by atoms with E-state index >= 15 is 0 Å². The Labute approximate surface area is 183 Å². The van der Waals surface area contributed by atoms with Gasteiger partial charge in [-0.1, -0.05) is 0 Å². The molecule has 31 heavy (non-hydrogen) atoms. The predicted molar refractivity (Wildman–Crippen MR) is 118 cm³/mol. The zero-order valence-electron chi connectivity index (χ0n) is 19.0. The van der Waals surface area contributed by atoms with E-state index in [2.05, 4.69) is 10.4 Å². The van der Waals surface area contributed by atoms with Crippen LogP contribution in [0, 0.1) is 24.7 Å². The highest BCUT2D eigenvalue weighted by atomic mass is 16.6. The molecular formula is C22H34N6O3. The molecule has 2 unspecified atom stereocenters. The summed E-state index contributed by atoms with van der Waals surface area (Å²) in [6.07, 6.45) is 6.22. The summed E-state index contributed by atoms with van der Waals surface area (Å²) in [6, 6.07) is 0. The van der Waals surface area contributed by atoms with Gasteiger partial charge in [0.1, 0.15) is 11.4 Å². The maximum atomic E-state index is 12.7. The van der Waals surface area contributed by atoms with Gasteiger partial charge in [0, 0.05) is 26.1 Å². The summed E-state index contributed by atoms with van der Waals surface area (Å²) in [6.45, 7) is 8.79. The molecule has 2 atom stereocenters. The van der Waals surface area contributed by atoms with Gasteiger partial charge in [0.05, 0.1) is 17.6 Å². The molecule has 0 radical (unpaired) electrons. The molecule has 0 aromatic carbocycles. The Hall–Kier alpha value is -2.97. The first-order chi connectivity index (χ1) is 14.4. The van der Waals surface area contributed by atoms with Crippen LogP contribution < -0.4 is 16.8 Å². The van der Waals surface area contributed by atoms with Crippen molar-refractivity contribution in [2.45, 2.75) is 46.1 Å².